The van der Waals surface area contributed by atoms with Crippen LogP contribution >= 0.6 is 0 Å². The minimum atomic E-state index is -0.226. The molecule has 1 N–H and O–H groups in total. The summed E-state index contributed by atoms with van der Waals surface area (Å²) in [6, 6.07) is 8.08. The van der Waals surface area contributed by atoms with E-state index >= 15 is 0 Å². The lowest BCUT2D eigenvalue weighted by molar-refractivity contribution is 0.0320. The average molecular weight is 459 g/mol. The Morgan fingerprint density at radius 2 is 2.03 bits per heavy atom. The van der Waals surface area contributed by atoms with E-state index in [1.54, 1.807) is 7.11 Å². The zero-order chi connectivity index (χ0) is 22.9. The van der Waals surface area contributed by atoms with Crippen LogP contribution in [0.2, 0.25) is 0 Å². The molecular formula is C24H34N4O5. The molecule has 180 valence electrons. The number of nitrogens with zero attached hydrogens (tertiary/aromatic N) is 3. The van der Waals surface area contributed by atoms with Gasteiger partial charge in [-0.2, -0.15) is 0 Å². The molecule has 0 bridgehead atoms. The van der Waals surface area contributed by atoms with Gasteiger partial charge in [-0.05, 0) is 30.5 Å². The second-order valence-corrected chi connectivity index (χ2v) is 8.48. The monoisotopic (exact) mass is 458 g/mol. The van der Waals surface area contributed by atoms with Gasteiger partial charge in [-0.15, -0.1) is 0 Å². The molecule has 1 amide bonds. The van der Waals surface area contributed by atoms with E-state index in [1.807, 2.05) is 12.1 Å². The summed E-state index contributed by atoms with van der Waals surface area (Å²) in [6.45, 7) is 7.80. The number of carbonyl (C=O) groups excluding carboxylic acids is 1. The first-order valence-corrected chi connectivity index (χ1v) is 11.7. The second-order valence-electron chi connectivity index (χ2n) is 8.48. The fraction of sp³-hybridized carbons (Fsp3) is 0.583. The predicted molar refractivity (Wildman–Crippen MR) is 122 cm³/mol. The smallest absolute Gasteiger partial charge is 0.273 e. The Morgan fingerprint density at radius 3 is 2.76 bits per heavy atom. The third kappa shape index (κ3) is 7.26. The summed E-state index contributed by atoms with van der Waals surface area (Å²) < 4.78 is 21.9. The van der Waals surface area contributed by atoms with Crippen molar-refractivity contribution in [3.05, 3.63) is 47.7 Å². The molecule has 0 saturated carbocycles. The van der Waals surface area contributed by atoms with Crippen LogP contribution in [0.5, 0.6) is 5.75 Å². The number of hydrogen-bond donors (Lipinski definition) is 1. The molecule has 1 unspecified atom stereocenters. The fourth-order valence-electron chi connectivity index (χ4n) is 4.09. The molecule has 33 heavy (non-hydrogen) atoms. The first-order chi connectivity index (χ1) is 16.2. The van der Waals surface area contributed by atoms with Crippen LogP contribution in [0.4, 0.5) is 0 Å². The normalized spacial score (nSPS) is 19.2. The van der Waals surface area contributed by atoms with Crippen LogP contribution in [0.15, 0.2) is 34.9 Å². The van der Waals surface area contributed by atoms with Crippen molar-refractivity contribution >= 4 is 5.91 Å². The molecule has 2 aliphatic rings. The molecule has 1 aromatic heterocycles. The highest BCUT2D eigenvalue weighted by Crippen LogP contribution is 2.15. The van der Waals surface area contributed by atoms with Gasteiger partial charge in [0.2, 0.25) is 5.89 Å². The van der Waals surface area contributed by atoms with Gasteiger partial charge in [-0.25, -0.2) is 4.98 Å². The van der Waals surface area contributed by atoms with Crippen molar-refractivity contribution in [3.63, 3.8) is 0 Å². The Kier molecular flexibility index (Phi) is 8.71. The predicted octanol–water partition coefficient (Wildman–Crippen LogP) is 1.93. The van der Waals surface area contributed by atoms with Gasteiger partial charge in [0, 0.05) is 45.9 Å². The molecule has 2 saturated heterocycles. The van der Waals surface area contributed by atoms with E-state index in [2.05, 4.69) is 32.2 Å². The summed E-state index contributed by atoms with van der Waals surface area (Å²) >= 11 is 0. The summed E-state index contributed by atoms with van der Waals surface area (Å²) in [7, 11) is 1.67. The lowest BCUT2D eigenvalue weighted by atomic mass is 10.2. The van der Waals surface area contributed by atoms with E-state index in [0.29, 0.717) is 24.7 Å². The molecule has 9 heteroatoms. The molecule has 0 spiro atoms. The van der Waals surface area contributed by atoms with E-state index in [1.165, 1.54) is 11.8 Å². The number of amides is 1. The molecule has 0 radical (unpaired) electrons. The molecule has 0 aliphatic carbocycles. The molecule has 2 fully saturated rings. The highest BCUT2D eigenvalue weighted by molar-refractivity contribution is 5.91. The Balaban J connectivity index is 1.35. The first kappa shape index (κ1) is 23.7. The maximum Gasteiger partial charge on any atom is 0.273 e. The molecule has 2 aliphatic heterocycles. The van der Waals surface area contributed by atoms with Crippen molar-refractivity contribution in [3.8, 4) is 5.75 Å². The van der Waals surface area contributed by atoms with Crippen LogP contribution in [0.25, 0.3) is 0 Å². The number of rotatable bonds is 11. The minimum Gasteiger partial charge on any atom is -0.497 e. The van der Waals surface area contributed by atoms with Crippen molar-refractivity contribution in [2.24, 2.45) is 0 Å². The van der Waals surface area contributed by atoms with Gasteiger partial charge in [-0.3, -0.25) is 14.6 Å². The number of ether oxygens (including phenoxy) is 3. The molecule has 2 aromatic rings. The summed E-state index contributed by atoms with van der Waals surface area (Å²) in [5.74, 6) is 1.15. The van der Waals surface area contributed by atoms with E-state index in [0.717, 1.165) is 71.1 Å². The van der Waals surface area contributed by atoms with Gasteiger partial charge >= 0.3 is 0 Å². The van der Waals surface area contributed by atoms with E-state index in [4.69, 9.17) is 18.6 Å². The second kappa shape index (κ2) is 12.1. The summed E-state index contributed by atoms with van der Waals surface area (Å²) in [6.07, 6.45) is 3.56. The van der Waals surface area contributed by atoms with Crippen LogP contribution in [-0.4, -0.2) is 86.4 Å². The van der Waals surface area contributed by atoms with Crippen molar-refractivity contribution in [1.29, 1.82) is 0 Å². The van der Waals surface area contributed by atoms with Gasteiger partial charge in [0.15, 0.2) is 5.69 Å². The summed E-state index contributed by atoms with van der Waals surface area (Å²) in [5.41, 5.74) is 1.49. The van der Waals surface area contributed by atoms with Gasteiger partial charge in [0.1, 0.15) is 12.0 Å². The van der Waals surface area contributed by atoms with Crippen LogP contribution in [0.1, 0.15) is 34.8 Å². The number of nitrogens with one attached hydrogen (secondary N) is 1. The molecule has 9 nitrogen and oxygen atoms in total. The number of morpholine rings is 1. The third-order valence-corrected chi connectivity index (χ3v) is 6.06. The number of carbonyl (C=O) groups is 1. The van der Waals surface area contributed by atoms with Crippen molar-refractivity contribution in [1.82, 2.24) is 20.1 Å². The minimum absolute atomic E-state index is 0.0977. The molecule has 1 aromatic carbocycles. The SMILES string of the molecule is COc1ccc(CN(CCN2CCOCC2)Cc2nc(C(=O)NCC3CCCO3)co2)cc1. The third-order valence-electron chi connectivity index (χ3n) is 6.06. The molecular weight excluding hydrogens is 424 g/mol. The first-order valence-electron chi connectivity index (χ1n) is 11.7. The molecule has 1 atom stereocenters. The van der Waals surface area contributed by atoms with Crippen LogP contribution in [0.3, 0.4) is 0 Å². The van der Waals surface area contributed by atoms with Crippen molar-refractivity contribution in [2.45, 2.75) is 32.0 Å². The topological polar surface area (TPSA) is 89.3 Å². The van der Waals surface area contributed by atoms with E-state index in [9.17, 15) is 4.79 Å². The Hall–Kier alpha value is -2.46. The average Bonchev–Trinajstić information content (AvgIpc) is 3.55. The zero-order valence-electron chi connectivity index (χ0n) is 19.3. The summed E-state index contributed by atoms with van der Waals surface area (Å²) in [5, 5.41) is 2.90. The lowest BCUT2D eigenvalue weighted by Gasteiger charge is -2.29. The Morgan fingerprint density at radius 1 is 1.21 bits per heavy atom. The zero-order valence-corrected chi connectivity index (χ0v) is 19.3. The van der Waals surface area contributed by atoms with Crippen molar-refractivity contribution < 1.29 is 23.4 Å². The van der Waals surface area contributed by atoms with Crippen LogP contribution in [-0.2, 0) is 22.6 Å². The highest BCUT2D eigenvalue weighted by atomic mass is 16.5. The molecule has 3 heterocycles. The number of oxazole rings is 1. The van der Waals surface area contributed by atoms with Gasteiger partial charge in [0.25, 0.3) is 5.91 Å². The number of benzene rings is 1. The standard InChI is InChI=1S/C24H34N4O5/c1-30-20-6-4-19(5-7-20)16-28(9-8-27-10-13-31-14-11-27)17-23-26-22(18-33-23)24(29)25-15-21-3-2-12-32-21/h4-7,18,21H,2-3,8-17H2,1H3,(H,25,29). The van der Waals surface area contributed by atoms with Gasteiger partial charge in [-0.1, -0.05) is 12.1 Å². The number of methoxy groups -OCH3 is 1. The lowest BCUT2D eigenvalue weighted by Crippen LogP contribution is -2.41. The Bertz CT molecular complexity index is 860. The van der Waals surface area contributed by atoms with Crippen LogP contribution < -0.4 is 10.1 Å². The fourth-order valence-corrected chi connectivity index (χ4v) is 4.09. The summed E-state index contributed by atoms with van der Waals surface area (Å²) in [4.78, 5) is 21.6. The van der Waals surface area contributed by atoms with Gasteiger partial charge < -0.3 is 23.9 Å². The van der Waals surface area contributed by atoms with E-state index in [-0.39, 0.29) is 12.0 Å². The molecule has 4 rings (SSSR count). The number of hydrogen-bond acceptors (Lipinski definition) is 8. The van der Waals surface area contributed by atoms with Crippen molar-refractivity contribution in [2.75, 3.05) is 59.7 Å². The van der Waals surface area contributed by atoms with Gasteiger partial charge in [0.05, 0.1) is 33.0 Å². The maximum atomic E-state index is 12.5. The largest absolute Gasteiger partial charge is 0.497 e. The van der Waals surface area contributed by atoms with E-state index < -0.39 is 0 Å². The number of aromatic nitrogens is 1. The maximum absolute atomic E-state index is 12.5. The quantitative estimate of drug-likeness (QED) is 0.546. The highest BCUT2D eigenvalue weighted by Gasteiger charge is 2.20. The van der Waals surface area contributed by atoms with Crippen LogP contribution in [0, 0.1) is 0 Å². The Labute approximate surface area is 195 Å².